The van der Waals surface area contributed by atoms with Crippen LogP contribution in [0.3, 0.4) is 0 Å². The third-order valence-electron chi connectivity index (χ3n) is 1.04. The van der Waals surface area contributed by atoms with Crippen LogP contribution in [0.5, 0.6) is 0 Å². The van der Waals surface area contributed by atoms with Crippen molar-refractivity contribution >= 4 is 29.1 Å². The summed E-state index contributed by atoms with van der Waals surface area (Å²) in [7, 11) is 0. The van der Waals surface area contributed by atoms with Crippen LogP contribution >= 0.6 is 0 Å². The number of hydrogen-bond acceptors (Lipinski definition) is 0. The molecule has 0 N–H and O–H groups in total. The summed E-state index contributed by atoms with van der Waals surface area (Å²) in [5.74, 6) is 0. The Labute approximate surface area is 71.7 Å². The minimum absolute atomic E-state index is 0. The van der Waals surface area contributed by atoms with Gasteiger partial charge in [0.05, 0.1) is 0 Å². The second kappa shape index (κ2) is 4.59. The Morgan fingerprint density at radius 2 is 1.67 bits per heavy atom. The lowest BCUT2D eigenvalue weighted by atomic mass is 10.2. The second-order valence-electron chi connectivity index (χ2n) is 1.61. The Balaban J connectivity index is 0.000000640. The fraction of sp³-hybridized carbons (Fsp3) is 0. The minimum Gasteiger partial charge on any atom is -0.0985 e. The second-order valence-corrected chi connectivity index (χ2v) is 1.61. The standard InChI is InChI=1S/C8H8.Mg/c1-2-8-6-4-3-5-7-8;/h2-7H,1H2;. The van der Waals surface area contributed by atoms with Gasteiger partial charge in [0.15, 0.2) is 0 Å². The lowest BCUT2D eigenvalue weighted by molar-refractivity contribution is 1.67. The maximum absolute atomic E-state index is 3.63. The molecule has 0 unspecified atom stereocenters. The van der Waals surface area contributed by atoms with Crippen molar-refractivity contribution in [1.29, 1.82) is 0 Å². The maximum Gasteiger partial charge on any atom is 0 e. The van der Waals surface area contributed by atoms with Crippen molar-refractivity contribution in [3.05, 3.63) is 42.5 Å². The van der Waals surface area contributed by atoms with Crippen LogP contribution in [0.1, 0.15) is 5.56 Å². The topological polar surface area (TPSA) is 0 Å². The van der Waals surface area contributed by atoms with E-state index in [2.05, 4.69) is 6.58 Å². The molecule has 0 nitrogen and oxygen atoms in total. The van der Waals surface area contributed by atoms with E-state index in [1.165, 1.54) is 5.56 Å². The SMILES string of the molecule is C=Cc1ccccc1.[Mg]. The Morgan fingerprint density at radius 1 is 1.11 bits per heavy atom. The quantitative estimate of drug-likeness (QED) is 0.507. The van der Waals surface area contributed by atoms with E-state index in [1.54, 1.807) is 0 Å². The highest BCUT2D eigenvalue weighted by Gasteiger charge is 1.75. The third kappa shape index (κ3) is 2.68. The van der Waals surface area contributed by atoms with E-state index in [1.807, 2.05) is 36.4 Å². The fourth-order valence-electron chi connectivity index (χ4n) is 0.589. The molecule has 0 spiro atoms. The Kier molecular flexibility index (Phi) is 4.45. The first-order chi connectivity index (χ1) is 3.93. The molecule has 2 radical (unpaired) electrons. The summed E-state index contributed by atoms with van der Waals surface area (Å²) in [6, 6.07) is 10.0. The van der Waals surface area contributed by atoms with Crippen molar-refractivity contribution in [2.75, 3.05) is 0 Å². The van der Waals surface area contributed by atoms with Crippen molar-refractivity contribution in [3.8, 4) is 0 Å². The monoisotopic (exact) mass is 128 g/mol. The Morgan fingerprint density at radius 3 is 2.00 bits per heavy atom. The molecule has 1 aromatic carbocycles. The average molecular weight is 128 g/mol. The van der Waals surface area contributed by atoms with E-state index < -0.39 is 0 Å². The Hall–Kier alpha value is -0.274. The molecule has 1 heteroatoms. The number of benzene rings is 1. The van der Waals surface area contributed by atoms with E-state index in [0.29, 0.717) is 0 Å². The summed E-state index contributed by atoms with van der Waals surface area (Å²) in [5, 5.41) is 0. The average Bonchev–Trinajstić information content (AvgIpc) is 1.90. The van der Waals surface area contributed by atoms with E-state index >= 15 is 0 Å². The smallest absolute Gasteiger partial charge is 0 e. The van der Waals surface area contributed by atoms with Crippen LogP contribution in [0.2, 0.25) is 0 Å². The van der Waals surface area contributed by atoms with E-state index in [0.717, 1.165) is 0 Å². The summed E-state index contributed by atoms with van der Waals surface area (Å²) in [6.07, 6.45) is 1.83. The molecule has 0 heterocycles. The molecule has 1 rings (SSSR count). The molecule has 0 saturated heterocycles. The molecular weight excluding hydrogens is 120 g/mol. The predicted octanol–water partition coefficient (Wildman–Crippen LogP) is 1.95. The number of hydrogen-bond donors (Lipinski definition) is 0. The largest absolute Gasteiger partial charge is 0.0985 e. The number of rotatable bonds is 1. The summed E-state index contributed by atoms with van der Waals surface area (Å²) in [6.45, 7) is 3.63. The molecule has 0 aliphatic rings. The molecule has 0 atom stereocenters. The lowest BCUT2D eigenvalue weighted by Crippen LogP contribution is -1.63. The van der Waals surface area contributed by atoms with Gasteiger partial charge in [0.2, 0.25) is 0 Å². The van der Waals surface area contributed by atoms with Crippen molar-refractivity contribution < 1.29 is 0 Å². The van der Waals surface area contributed by atoms with Crippen LogP contribution in [0.15, 0.2) is 36.9 Å². The van der Waals surface area contributed by atoms with E-state index in [-0.39, 0.29) is 23.1 Å². The van der Waals surface area contributed by atoms with Crippen LogP contribution in [0.4, 0.5) is 0 Å². The highest BCUT2D eigenvalue weighted by molar-refractivity contribution is 5.75. The van der Waals surface area contributed by atoms with Crippen LogP contribution in [-0.4, -0.2) is 23.1 Å². The van der Waals surface area contributed by atoms with Crippen LogP contribution in [0, 0.1) is 0 Å². The van der Waals surface area contributed by atoms with Crippen LogP contribution < -0.4 is 0 Å². The molecular formula is C8H8Mg. The molecule has 1 aromatic rings. The van der Waals surface area contributed by atoms with Gasteiger partial charge in [-0.2, -0.15) is 0 Å². The van der Waals surface area contributed by atoms with Gasteiger partial charge in [-0.25, -0.2) is 0 Å². The lowest BCUT2D eigenvalue weighted by Gasteiger charge is -1.85. The molecule has 0 saturated carbocycles. The van der Waals surface area contributed by atoms with Crippen molar-refractivity contribution in [3.63, 3.8) is 0 Å². The van der Waals surface area contributed by atoms with Gasteiger partial charge in [-0.15, -0.1) is 0 Å². The van der Waals surface area contributed by atoms with Gasteiger partial charge in [0.25, 0.3) is 0 Å². The summed E-state index contributed by atoms with van der Waals surface area (Å²) >= 11 is 0. The van der Waals surface area contributed by atoms with Crippen LogP contribution in [0.25, 0.3) is 6.08 Å². The molecule has 0 fully saturated rings. The summed E-state index contributed by atoms with van der Waals surface area (Å²) in [4.78, 5) is 0. The molecule has 0 aromatic heterocycles. The van der Waals surface area contributed by atoms with Gasteiger partial charge in [-0.3, -0.25) is 0 Å². The highest BCUT2D eigenvalue weighted by atomic mass is 24.3. The molecule has 9 heavy (non-hydrogen) atoms. The molecule has 0 amide bonds. The summed E-state index contributed by atoms with van der Waals surface area (Å²) in [5.41, 5.74) is 1.17. The van der Waals surface area contributed by atoms with E-state index in [9.17, 15) is 0 Å². The molecule has 0 bridgehead atoms. The summed E-state index contributed by atoms with van der Waals surface area (Å²) < 4.78 is 0. The van der Waals surface area contributed by atoms with Gasteiger partial charge >= 0.3 is 0 Å². The zero-order valence-corrected chi connectivity index (χ0v) is 6.79. The van der Waals surface area contributed by atoms with Crippen molar-refractivity contribution in [2.24, 2.45) is 0 Å². The van der Waals surface area contributed by atoms with Crippen molar-refractivity contribution in [2.45, 2.75) is 0 Å². The first-order valence-electron chi connectivity index (χ1n) is 2.61. The molecule has 0 aliphatic heterocycles. The first kappa shape index (κ1) is 8.73. The normalized spacial score (nSPS) is 7.56. The van der Waals surface area contributed by atoms with Crippen LogP contribution in [-0.2, 0) is 0 Å². The predicted molar refractivity (Wildman–Crippen MR) is 42.3 cm³/mol. The van der Waals surface area contributed by atoms with Gasteiger partial charge in [-0.1, -0.05) is 43.0 Å². The first-order valence-corrected chi connectivity index (χ1v) is 2.61. The van der Waals surface area contributed by atoms with Gasteiger partial charge in [0, 0.05) is 23.1 Å². The fourth-order valence-corrected chi connectivity index (χ4v) is 0.589. The van der Waals surface area contributed by atoms with Gasteiger partial charge < -0.3 is 0 Å². The van der Waals surface area contributed by atoms with Gasteiger partial charge in [0.1, 0.15) is 0 Å². The Bertz CT molecular complexity index is 167. The zero-order chi connectivity index (χ0) is 5.82. The zero-order valence-electron chi connectivity index (χ0n) is 5.38. The minimum atomic E-state index is 0. The highest BCUT2D eigenvalue weighted by Crippen LogP contribution is 1.97. The molecule has 0 aliphatic carbocycles. The third-order valence-corrected chi connectivity index (χ3v) is 1.04. The van der Waals surface area contributed by atoms with Crippen molar-refractivity contribution in [1.82, 2.24) is 0 Å². The maximum atomic E-state index is 3.63. The van der Waals surface area contributed by atoms with E-state index in [4.69, 9.17) is 0 Å². The van der Waals surface area contributed by atoms with Gasteiger partial charge in [-0.05, 0) is 5.56 Å². The molecule has 42 valence electrons.